The van der Waals surface area contributed by atoms with E-state index in [-0.39, 0.29) is 28.3 Å². The van der Waals surface area contributed by atoms with E-state index in [0.29, 0.717) is 17.9 Å². The summed E-state index contributed by atoms with van der Waals surface area (Å²) in [6, 6.07) is 10.1. The molecular formula is C20H24N2O5S. The number of methoxy groups -OCH3 is 2. The molecule has 7 nitrogen and oxygen atoms in total. The Kier molecular flexibility index (Phi) is 5.51. The van der Waals surface area contributed by atoms with Crippen LogP contribution >= 0.6 is 0 Å². The third-order valence-electron chi connectivity index (χ3n) is 4.79. The van der Waals surface area contributed by atoms with Crippen molar-refractivity contribution in [2.45, 2.75) is 37.6 Å². The molecule has 1 amide bonds. The zero-order valence-corrected chi connectivity index (χ0v) is 17.2. The lowest BCUT2D eigenvalue weighted by molar-refractivity contribution is -0.114. The van der Waals surface area contributed by atoms with Gasteiger partial charge in [-0.05, 0) is 37.5 Å². The zero-order chi connectivity index (χ0) is 20.5. The van der Waals surface area contributed by atoms with E-state index in [0.717, 1.165) is 12.0 Å². The molecule has 0 aromatic heterocycles. The van der Waals surface area contributed by atoms with Crippen LogP contribution in [0.2, 0.25) is 0 Å². The first-order valence-electron chi connectivity index (χ1n) is 8.95. The molecule has 150 valence electrons. The molecule has 1 atom stereocenters. The number of hydrogen-bond donors (Lipinski definition) is 1. The molecule has 1 heterocycles. The first-order chi connectivity index (χ1) is 13.3. The normalized spacial score (nSPS) is 16.3. The van der Waals surface area contributed by atoms with E-state index in [1.807, 2.05) is 31.2 Å². The third kappa shape index (κ3) is 3.52. The summed E-state index contributed by atoms with van der Waals surface area (Å²) in [6.07, 6.45) is 1.54. The fraction of sp³-hybridized carbons (Fsp3) is 0.350. The minimum absolute atomic E-state index is 0.0249. The van der Waals surface area contributed by atoms with Gasteiger partial charge in [-0.25, -0.2) is 8.42 Å². The van der Waals surface area contributed by atoms with Crippen molar-refractivity contribution >= 4 is 27.3 Å². The van der Waals surface area contributed by atoms with Crippen LogP contribution in [0.25, 0.3) is 0 Å². The van der Waals surface area contributed by atoms with E-state index >= 15 is 0 Å². The van der Waals surface area contributed by atoms with Crippen LogP contribution in [-0.4, -0.2) is 34.6 Å². The van der Waals surface area contributed by atoms with Crippen molar-refractivity contribution in [3.63, 3.8) is 0 Å². The Balaban J connectivity index is 2.20. The number of amides is 1. The van der Waals surface area contributed by atoms with Gasteiger partial charge in [-0.1, -0.05) is 18.2 Å². The van der Waals surface area contributed by atoms with Gasteiger partial charge in [0, 0.05) is 19.0 Å². The summed E-state index contributed by atoms with van der Waals surface area (Å²) in [4.78, 5) is 11.5. The Morgan fingerprint density at radius 3 is 2.46 bits per heavy atom. The summed E-state index contributed by atoms with van der Waals surface area (Å²) >= 11 is 0. The molecule has 1 aliphatic rings. The minimum Gasteiger partial charge on any atom is -0.495 e. The molecule has 0 fully saturated rings. The average Bonchev–Trinajstić information content (AvgIpc) is 2.66. The zero-order valence-electron chi connectivity index (χ0n) is 16.4. The van der Waals surface area contributed by atoms with Crippen LogP contribution in [0.15, 0.2) is 41.3 Å². The Morgan fingerprint density at radius 1 is 1.14 bits per heavy atom. The average molecular weight is 404 g/mol. The third-order valence-corrected chi connectivity index (χ3v) is 6.74. The molecule has 8 heteroatoms. The maximum absolute atomic E-state index is 13.7. The van der Waals surface area contributed by atoms with Gasteiger partial charge in [0.1, 0.15) is 16.4 Å². The molecule has 2 aromatic carbocycles. The number of carbonyl (C=O) groups is 1. The quantitative estimate of drug-likeness (QED) is 0.827. The summed E-state index contributed by atoms with van der Waals surface area (Å²) in [5.74, 6) is 0.141. The van der Waals surface area contributed by atoms with Gasteiger partial charge in [-0.2, -0.15) is 0 Å². The van der Waals surface area contributed by atoms with E-state index in [1.165, 1.54) is 37.6 Å². The number of fused-ring (bicyclic) bond motifs is 1. The van der Waals surface area contributed by atoms with Crippen molar-refractivity contribution in [1.82, 2.24) is 0 Å². The van der Waals surface area contributed by atoms with Crippen molar-refractivity contribution in [1.29, 1.82) is 0 Å². The number of benzene rings is 2. The van der Waals surface area contributed by atoms with Gasteiger partial charge in [0.15, 0.2) is 0 Å². The number of carbonyl (C=O) groups excluding carboxylic acids is 1. The first kappa shape index (κ1) is 20.0. The summed E-state index contributed by atoms with van der Waals surface area (Å²) < 4.78 is 39.4. The van der Waals surface area contributed by atoms with E-state index in [2.05, 4.69) is 5.32 Å². The maximum atomic E-state index is 13.7. The number of nitrogens with one attached hydrogen (secondary N) is 1. The van der Waals surface area contributed by atoms with Gasteiger partial charge < -0.3 is 14.8 Å². The van der Waals surface area contributed by atoms with Crippen LogP contribution in [0.1, 0.15) is 25.8 Å². The number of hydrogen-bond acceptors (Lipinski definition) is 5. The largest absolute Gasteiger partial charge is 0.495 e. The van der Waals surface area contributed by atoms with Crippen LogP contribution in [0.3, 0.4) is 0 Å². The molecule has 0 unspecified atom stereocenters. The number of ether oxygens (including phenoxy) is 2. The highest BCUT2D eigenvalue weighted by atomic mass is 32.2. The van der Waals surface area contributed by atoms with Crippen molar-refractivity contribution in [2.24, 2.45) is 0 Å². The summed E-state index contributed by atoms with van der Waals surface area (Å²) in [6.45, 7) is 3.24. The molecule has 0 radical (unpaired) electrons. The maximum Gasteiger partial charge on any atom is 0.268 e. The molecule has 0 bridgehead atoms. The number of anilines is 2. The van der Waals surface area contributed by atoms with Crippen LogP contribution in [0.5, 0.6) is 11.5 Å². The number of nitrogens with zero attached hydrogens (tertiary/aromatic N) is 1. The van der Waals surface area contributed by atoms with E-state index in [1.54, 1.807) is 0 Å². The van der Waals surface area contributed by atoms with Crippen LogP contribution in [0.4, 0.5) is 11.4 Å². The fourth-order valence-electron chi connectivity index (χ4n) is 3.49. The molecule has 3 rings (SSSR count). The molecule has 1 aliphatic heterocycles. The number of sulfonamides is 1. The van der Waals surface area contributed by atoms with Crippen LogP contribution in [-0.2, 0) is 21.2 Å². The molecule has 0 spiro atoms. The molecule has 0 aliphatic carbocycles. The van der Waals surface area contributed by atoms with E-state index in [9.17, 15) is 13.2 Å². The molecule has 1 N–H and O–H groups in total. The van der Waals surface area contributed by atoms with Crippen molar-refractivity contribution in [3.8, 4) is 11.5 Å². The Bertz CT molecular complexity index is 1000. The topological polar surface area (TPSA) is 84.9 Å². The summed E-state index contributed by atoms with van der Waals surface area (Å²) in [5.41, 5.74) is 1.92. The standard InChI is InChI=1S/C20H24N2O5S/c1-13-9-10-15-7-5-6-8-17(15)22(13)28(24,25)20-11-16(21-14(2)23)18(26-3)12-19(20)27-4/h5-8,11-13H,9-10H2,1-4H3,(H,21,23)/t13-/m1/s1. The molecule has 28 heavy (non-hydrogen) atoms. The second kappa shape index (κ2) is 7.71. The highest BCUT2D eigenvalue weighted by Crippen LogP contribution is 2.41. The second-order valence-electron chi connectivity index (χ2n) is 6.70. The van der Waals surface area contributed by atoms with Gasteiger partial charge in [-0.15, -0.1) is 0 Å². The first-order valence-corrected chi connectivity index (χ1v) is 10.4. The highest BCUT2D eigenvalue weighted by molar-refractivity contribution is 7.93. The summed E-state index contributed by atoms with van der Waals surface area (Å²) in [7, 11) is -1.11. The van der Waals surface area contributed by atoms with Crippen LogP contribution in [0, 0.1) is 0 Å². The van der Waals surface area contributed by atoms with Gasteiger partial charge >= 0.3 is 0 Å². The fourth-order valence-corrected chi connectivity index (χ4v) is 5.38. The molecule has 0 saturated heterocycles. The lowest BCUT2D eigenvalue weighted by Gasteiger charge is -2.36. The van der Waals surface area contributed by atoms with Crippen molar-refractivity contribution < 1.29 is 22.7 Å². The van der Waals surface area contributed by atoms with Crippen molar-refractivity contribution in [3.05, 3.63) is 42.0 Å². The number of para-hydroxylation sites is 1. The lowest BCUT2D eigenvalue weighted by atomic mass is 9.99. The second-order valence-corrected chi connectivity index (χ2v) is 8.49. The van der Waals surface area contributed by atoms with Gasteiger partial charge in [0.2, 0.25) is 5.91 Å². The highest BCUT2D eigenvalue weighted by Gasteiger charge is 2.36. The number of aryl methyl sites for hydroxylation is 1. The summed E-state index contributed by atoms with van der Waals surface area (Å²) in [5, 5.41) is 2.62. The Labute approximate surface area is 165 Å². The smallest absolute Gasteiger partial charge is 0.268 e. The van der Waals surface area contributed by atoms with Gasteiger partial charge in [-0.3, -0.25) is 9.10 Å². The monoisotopic (exact) mass is 404 g/mol. The Hall–Kier alpha value is -2.74. The molecule has 0 saturated carbocycles. The van der Waals surface area contributed by atoms with Crippen molar-refractivity contribution in [2.75, 3.05) is 23.8 Å². The SMILES string of the molecule is COc1cc(OC)c(S(=O)(=O)N2c3ccccc3CC[C@H]2C)cc1NC(C)=O. The Morgan fingerprint density at radius 2 is 1.82 bits per heavy atom. The van der Waals surface area contributed by atoms with E-state index in [4.69, 9.17) is 9.47 Å². The lowest BCUT2D eigenvalue weighted by Crippen LogP contribution is -2.42. The minimum atomic E-state index is -3.95. The van der Waals surface area contributed by atoms with Gasteiger partial charge in [0.05, 0.1) is 25.6 Å². The van der Waals surface area contributed by atoms with Gasteiger partial charge in [0.25, 0.3) is 10.0 Å². The molecule has 2 aromatic rings. The molecular weight excluding hydrogens is 380 g/mol. The predicted molar refractivity (Wildman–Crippen MR) is 108 cm³/mol. The van der Waals surface area contributed by atoms with Crippen LogP contribution < -0.4 is 19.1 Å². The number of rotatable bonds is 5. The van der Waals surface area contributed by atoms with E-state index < -0.39 is 10.0 Å². The predicted octanol–water partition coefficient (Wildman–Crippen LogP) is 3.19.